The van der Waals surface area contributed by atoms with E-state index < -0.39 is 29.6 Å². The Morgan fingerprint density at radius 1 is 0.952 bits per heavy atom. The molecule has 1 saturated carbocycles. The van der Waals surface area contributed by atoms with Crippen molar-refractivity contribution in [3.63, 3.8) is 0 Å². The lowest BCUT2D eigenvalue weighted by molar-refractivity contribution is -0.149. The average molecular weight is 290 g/mol. The molecule has 0 aromatic heterocycles. The Kier molecular flexibility index (Phi) is 4.92. The van der Waals surface area contributed by atoms with Crippen LogP contribution < -0.4 is 10.9 Å². The van der Waals surface area contributed by atoms with Crippen LogP contribution in [0.2, 0.25) is 0 Å². The minimum Gasteiger partial charge on any atom is -0.481 e. The van der Waals surface area contributed by atoms with Crippen LogP contribution in [0.25, 0.3) is 0 Å². The van der Waals surface area contributed by atoms with E-state index >= 15 is 0 Å². The van der Waals surface area contributed by atoms with Crippen LogP contribution in [-0.4, -0.2) is 22.9 Å². The molecule has 0 spiro atoms. The topological polar surface area (TPSA) is 95.5 Å². The Morgan fingerprint density at radius 2 is 1.57 bits per heavy atom. The molecule has 2 rings (SSSR count). The summed E-state index contributed by atoms with van der Waals surface area (Å²) < 4.78 is 0. The molecule has 112 valence electrons. The summed E-state index contributed by atoms with van der Waals surface area (Å²) in [4.78, 5) is 35.0. The molecular weight excluding hydrogens is 272 g/mol. The van der Waals surface area contributed by atoms with Gasteiger partial charge in [0.05, 0.1) is 11.8 Å². The van der Waals surface area contributed by atoms with E-state index in [9.17, 15) is 14.4 Å². The van der Waals surface area contributed by atoms with Gasteiger partial charge in [0.2, 0.25) is 5.91 Å². The number of nitrogens with one attached hydrogen (secondary N) is 2. The predicted octanol–water partition coefficient (Wildman–Crippen LogP) is 1.34. The first-order valence-electron chi connectivity index (χ1n) is 6.97. The Balaban J connectivity index is 1.92. The highest BCUT2D eigenvalue weighted by atomic mass is 16.4. The normalized spacial score (nSPS) is 21.3. The number of hydrogen-bond acceptors (Lipinski definition) is 3. The third-order valence-electron chi connectivity index (χ3n) is 3.76. The minimum atomic E-state index is -0.954. The number of hydrogen-bond donors (Lipinski definition) is 3. The molecule has 0 radical (unpaired) electrons. The standard InChI is InChI=1S/C15H18N2O4/c18-13(10-6-2-1-3-7-10)16-17-14(19)11-8-4-5-9-12(11)15(20)21/h1-3,6-7,11-12H,4-5,8-9H2,(H,16,18)(H,17,19)(H,20,21)/t11-,12+/m0/s1. The van der Waals surface area contributed by atoms with Crippen molar-refractivity contribution in [3.05, 3.63) is 35.9 Å². The molecule has 21 heavy (non-hydrogen) atoms. The number of carbonyl (C=O) groups excluding carboxylic acids is 2. The quantitative estimate of drug-likeness (QED) is 0.732. The van der Waals surface area contributed by atoms with Crippen molar-refractivity contribution in [3.8, 4) is 0 Å². The zero-order valence-electron chi connectivity index (χ0n) is 11.5. The zero-order valence-corrected chi connectivity index (χ0v) is 11.5. The Bertz CT molecular complexity index is 530. The van der Waals surface area contributed by atoms with E-state index in [0.29, 0.717) is 18.4 Å². The molecule has 0 bridgehead atoms. The number of carboxylic acid groups (broad SMARTS) is 1. The van der Waals surface area contributed by atoms with E-state index in [4.69, 9.17) is 5.11 Å². The van der Waals surface area contributed by atoms with Crippen molar-refractivity contribution >= 4 is 17.8 Å². The van der Waals surface area contributed by atoms with E-state index in [0.717, 1.165) is 12.8 Å². The van der Waals surface area contributed by atoms with E-state index in [1.807, 2.05) is 0 Å². The lowest BCUT2D eigenvalue weighted by Crippen LogP contribution is -2.47. The number of benzene rings is 1. The second-order valence-corrected chi connectivity index (χ2v) is 5.15. The van der Waals surface area contributed by atoms with Crippen LogP contribution >= 0.6 is 0 Å². The van der Waals surface area contributed by atoms with Crippen LogP contribution in [0.15, 0.2) is 30.3 Å². The summed E-state index contributed by atoms with van der Waals surface area (Å²) >= 11 is 0. The van der Waals surface area contributed by atoms with Gasteiger partial charge in [0.1, 0.15) is 0 Å². The lowest BCUT2D eigenvalue weighted by Gasteiger charge is -2.27. The molecule has 3 N–H and O–H groups in total. The fourth-order valence-corrected chi connectivity index (χ4v) is 2.61. The number of rotatable bonds is 3. The first kappa shape index (κ1) is 15.0. The molecule has 0 saturated heterocycles. The van der Waals surface area contributed by atoms with Crippen molar-refractivity contribution in [1.82, 2.24) is 10.9 Å². The van der Waals surface area contributed by atoms with Gasteiger partial charge in [-0.25, -0.2) is 0 Å². The van der Waals surface area contributed by atoms with Crippen molar-refractivity contribution in [2.45, 2.75) is 25.7 Å². The highest BCUT2D eigenvalue weighted by Crippen LogP contribution is 2.30. The van der Waals surface area contributed by atoms with Crippen molar-refractivity contribution in [2.24, 2.45) is 11.8 Å². The molecule has 0 heterocycles. The van der Waals surface area contributed by atoms with E-state index in [2.05, 4.69) is 10.9 Å². The third kappa shape index (κ3) is 3.81. The highest BCUT2D eigenvalue weighted by Gasteiger charge is 2.35. The second-order valence-electron chi connectivity index (χ2n) is 5.15. The number of amides is 2. The van der Waals surface area contributed by atoms with Gasteiger partial charge in [0.25, 0.3) is 5.91 Å². The molecule has 1 aliphatic rings. The molecule has 1 aliphatic carbocycles. The third-order valence-corrected chi connectivity index (χ3v) is 3.76. The SMILES string of the molecule is O=C(NNC(=O)[C@H]1CCCC[C@H]1C(=O)O)c1ccccc1. The second kappa shape index (κ2) is 6.88. The first-order chi connectivity index (χ1) is 10.1. The average Bonchev–Trinajstić information content (AvgIpc) is 2.53. The molecule has 1 aromatic carbocycles. The maximum Gasteiger partial charge on any atom is 0.307 e. The molecule has 2 amide bonds. The number of aliphatic carboxylic acids is 1. The fourth-order valence-electron chi connectivity index (χ4n) is 2.61. The first-order valence-corrected chi connectivity index (χ1v) is 6.97. The predicted molar refractivity (Wildman–Crippen MR) is 75.1 cm³/mol. The van der Waals surface area contributed by atoms with E-state index in [-0.39, 0.29) is 0 Å². The molecule has 1 fully saturated rings. The van der Waals surface area contributed by atoms with E-state index in [1.54, 1.807) is 30.3 Å². The minimum absolute atomic E-state index is 0.424. The molecule has 6 heteroatoms. The lowest BCUT2D eigenvalue weighted by atomic mass is 9.79. The Morgan fingerprint density at radius 3 is 2.19 bits per heavy atom. The van der Waals surface area contributed by atoms with Crippen molar-refractivity contribution in [1.29, 1.82) is 0 Å². The van der Waals surface area contributed by atoms with Crippen LogP contribution in [-0.2, 0) is 9.59 Å². The largest absolute Gasteiger partial charge is 0.481 e. The van der Waals surface area contributed by atoms with Gasteiger partial charge < -0.3 is 5.11 Å². The van der Waals surface area contributed by atoms with Gasteiger partial charge in [-0.1, -0.05) is 31.0 Å². The molecule has 0 unspecified atom stereocenters. The monoisotopic (exact) mass is 290 g/mol. The summed E-state index contributed by atoms with van der Waals surface area (Å²) in [6.07, 6.45) is 2.68. The summed E-state index contributed by atoms with van der Waals surface area (Å²) in [6.45, 7) is 0. The number of hydrazine groups is 1. The molecule has 2 atom stereocenters. The number of carboxylic acids is 1. The van der Waals surface area contributed by atoms with Gasteiger partial charge in [-0.3, -0.25) is 25.2 Å². The van der Waals surface area contributed by atoms with Gasteiger partial charge in [0, 0.05) is 5.56 Å². The van der Waals surface area contributed by atoms with Crippen LogP contribution in [0.3, 0.4) is 0 Å². The summed E-state index contributed by atoms with van der Waals surface area (Å²) in [5, 5.41) is 9.15. The van der Waals surface area contributed by atoms with Gasteiger partial charge in [-0.2, -0.15) is 0 Å². The summed E-state index contributed by atoms with van der Waals surface area (Å²) in [5.74, 6) is -3.08. The maximum atomic E-state index is 12.1. The van der Waals surface area contributed by atoms with Crippen LogP contribution in [0.5, 0.6) is 0 Å². The van der Waals surface area contributed by atoms with Gasteiger partial charge in [-0.05, 0) is 25.0 Å². The van der Waals surface area contributed by atoms with Gasteiger partial charge >= 0.3 is 5.97 Å². The summed E-state index contributed by atoms with van der Waals surface area (Å²) in [6, 6.07) is 8.48. The Hall–Kier alpha value is -2.37. The zero-order chi connectivity index (χ0) is 15.2. The van der Waals surface area contributed by atoms with Gasteiger partial charge in [-0.15, -0.1) is 0 Å². The van der Waals surface area contributed by atoms with Crippen molar-refractivity contribution < 1.29 is 19.5 Å². The maximum absolute atomic E-state index is 12.1. The number of carbonyl (C=O) groups is 3. The highest BCUT2D eigenvalue weighted by molar-refractivity contribution is 5.95. The van der Waals surface area contributed by atoms with Crippen LogP contribution in [0.1, 0.15) is 36.0 Å². The van der Waals surface area contributed by atoms with E-state index in [1.165, 1.54) is 0 Å². The van der Waals surface area contributed by atoms with Crippen LogP contribution in [0.4, 0.5) is 0 Å². The Labute approximate surface area is 122 Å². The summed E-state index contributed by atoms with van der Waals surface area (Å²) in [7, 11) is 0. The fraction of sp³-hybridized carbons (Fsp3) is 0.400. The van der Waals surface area contributed by atoms with Crippen LogP contribution in [0, 0.1) is 11.8 Å². The molecule has 1 aromatic rings. The molecule has 6 nitrogen and oxygen atoms in total. The smallest absolute Gasteiger partial charge is 0.307 e. The van der Waals surface area contributed by atoms with Crippen molar-refractivity contribution in [2.75, 3.05) is 0 Å². The summed E-state index contributed by atoms with van der Waals surface area (Å²) in [5.41, 5.74) is 5.08. The van der Waals surface area contributed by atoms with Gasteiger partial charge in [0.15, 0.2) is 0 Å². The molecule has 0 aliphatic heterocycles. The molecular formula is C15H18N2O4.